The molecule has 0 aliphatic carbocycles. The quantitative estimate of drug-likeness (QED) is 0.651. The van der Waals surface area contributed by atoms with E-state index in [0.717, 1.165) is 5.56 Å². The zero-order chi connectivity index (χ0) is 20.2. The summed E-state index contributed by atoms with van der Waals surface area (Å²) in [6.07, 6.45) is 0.410. The van der Waals surface area contributed by atoms with E-state index < -0.39 is 28.3 Å². The average Bonchev–Trinajstić information content (AvgIpc) is 2.96. The SMILES string of the molecule is Cc1cc(OCC(=O)OCC(=O)N(C)C2CCS(=O)(=O)C2)ccc1C(C)C. The third-order valence-corrected chi connectivity index (χ3v) is 6.48. The predicted octanol–water partition coefficient (Wildman–Crippen LogP) is 1.69. The first-order chi connectivity index (χ1) is 12.6. The maximum absolute atomic E-state index is 12.1. The van der Waals surface area contributed by atoms with E-state index in [1.165, 1.54) is 17.5 Å². The van der Waals surface area contributed by atoms with Crippen LogP contribution in [0.1, 0.15) is 37.3 Å². The molecule has 1 aliphatic rings. The highest BCUT2D eigenvalue weighted by molar-refractivity contribution is 7.91. The third kappa shape index (κ3) is 5.95. The van der Waals surface area contributed by atoms with Gasteiger partial charge in [0.1, 0.15) is 5.75 Å². The van der Waals surface area contributed by atoms with Gasteiger partial charge in [0.25, 0.3) is 5.91 Å². The number of amides is 1. The summed E-state index contributed by atoms with van der Waals surface area (Å²) in [6.45, 7) is 5.47. The number of hydrogen-bond acceptors (Lipinski definition) is 6. The number of rotatable bonds is 7. The van der Waals surface area contributed by atoms with Crippen LogP contribution in [0.15, 0.2) is 18.2 Å². The number of likely N-dealkylation sites (N-methyl/N-ethyl adjacent to an activating group) is 1. The fourth-order valence-corrected chi connectivity index (χ4v) is 4.87. The first kappa shape index (κ1) is 21.2. The smallest absolute Gasteiger partial charge is 0.344 e. The Hall–Kier alpha value is -2.09. The normalized spacial score (nSPS) is 18.3. The van der Waals surface area contributed by atoms with E-state index in [4.69, 9.17) is 9.47 Å². The van der Waals surface area contributed by atoms with E-state index in [9.17, 15) is 18.0 Å². The molecule has 0 bridgehead atoms. The number of nitrogens with zero attached hydrogens (tertiary/aromatic N) is 1. The lowest BCUT2D eigenvalue weighted by Gasteiger charge is -2.23. The number of carbonyl (C=O) groups is 2. The van der Waals surface area contributed by atoms with Crippen LogP contribution >= 0.6 is 0 Å². The molecule has 0 saturated carbocycles. The molecule has 8 heteroatoms. The summed E-state index contributed by atoms with van der Waals surface area (Å²) in [4.78, 5) is 25.2. The second kappa shape index (κ2) is 8.73. The van der Waals surface area contributed by atoms with E-state index in [1.807, 2.05) is 19.1 Å². The Morgan fingerprint density at radius 3 is 2.52 bits per heavy atom. The molecule has 1 aliphatic heterocycles. The lowest BCUT2D eigenvalue weighted by Crippen LogP contribution is -2.40. The lowest BCUT2D eigenvalue weighted by atomic mass is 9.98. The van der Waals surface area contributed by atoms with Crippen LogP contribution in [-0.2, 0) is 24.2 Å². The van der Waals surface area contributed by atoms with Gasteiger partial charge in [-0.05, 0) is 42.5 Å². The van der Waals surface area contributed by atoms with Crippen molar-refractivity contribution in [2.24, 2.45) is 0 Å². The number of hydrogen-bond donors (Lipinski definition) is 0. The summed E-state index contributed by atoms with van der Waals surface area (Å²) in [5.74, 6) is -0.0741. The van der Waals surface area contributed by atoms with E-state index in [0.29, 0.717) is 18.1 Å². The zero-order valence-electron chi connectivity index (χ0n) is 16.2. The van der Waals surface area contributed by atoms with Crippen molar-refractivity contribution in [3.05, 3.63) is 29.3 Å². The summed E-state index contributed by atoms with van der Waals surface area (Å²) >= 11 is 0. The molecule has 7 nitrogen and oxygen atoms in total. The van der Waals surface area contributed by atoms with Gasteiger partial charge in [-0.15, -0.1) is 0 Å². The van der Waals surface area contributed by atoms with Crippen LogP contribution in [0.25, 0.3) is 0 Å². The van der Waals surface area contributed by atoms with Gasteiger partial charge in [0.05, 0.1) is 11.5 Å². The molecule has 150 valence electrons. The number of carbonyl (C=O) groups excluding carboxylic acids is 2. The highest BCUT2D eigenvalue weighted by atomic mass is 32.2. The van der Waals surface area contributed by atoms with Crippen molar-refractivity contribution < 1.29 is 27.5 Å². The van der Waals surface area contributed by atoms with Crippen LogP contribution in [0.4, 0.5) is 0 Å². The second-order valence-electron chi connectivity index (χ2n) is 7.18. The fourth-order valence-electron chi connectivity index (χ4n) is 3.10. The minimum absolute atomic E-state index is 0.0436. The number of ether oxygens (including phenoxy) is 2. The van der Waals surface area contributed by atoms with Gasteiger partial charge < -0.3 is 14.4 Å². The predicted molar refractivity (Wildman–Crippen MR) is 102 cm³/mol. The van der Waals surface area contributed by atoms with Gasteiger partial charge in [-0.1, -0.05) is 19.9 Å². The summed E-state index contributed by atoms with van der Waals surface area (Å²) in [5.41, 5.74) is 2.30. The molecule has 1 aromatic carbocycles. The molecule has 1 aromatic rings. The van der Waals surface area contributed by atoms with Crippen LogP contribution in [-0.4, -0.2) is 63.0 Å². The fraction of sp³-hybridized carbons (Fsp3) is 0.579. The molecule has 1 unspecified atom stereocenters. The van der Waals surface area contributed by atoms with Gasteiger partial charge in [0.2, 0.25) is 0 Å². The van der Waals surface area contributed by atoms with Gasteiger partial charge >= 0.3 is 5.97 Å². The lowest BCUT2D eigenvalue weighted by molar-refractivity contribution is -0.153. The number of benzene rings is 1. The van der Waals surface area contributed by atoms with Crippen molar-refractivity contribution in [2.45, 2.75) is 39.2 Å². The first-order valence-electron chi connectivity index (χ1n) is 8.94. The van der Waals surface area contributed by atoms with E-state index in [1.54, 1.807) is 6.07 Å². The van der Waals surface area contributed by atoms with Crippen LogP contribution in [0.5, 0.6) is 5.75 Å². The van der Waals surface area contributed by atoms with Crippen LogP contribution in [0.3, 0.4) is 0 Å². The molecule has 1 atom stereocenters. The van der Waals surface area contributed by atoms with Crippen LogP contribution in [0, 0.1) is 6.92 Å². The van der Waals surface area contributed by atoms with E-state index in [2.05, 4.69) is 13.8 Å². The summed E-state index contributed by atoms with van der Waals surface area (Å²) in [6, 6.07) is 5.27. The third-order valence-electron chi connectivity index (χ3n) is 4.73. The van der Waals surface area contributed by atoms with Gasteiger partial charge in [-0.2, -0.15) is 0 Å². The second-order valence-corrected chi connectivity index (χ2v) is 9.41. The molecule has 1 heterocycles. The Labute approximate surface area is 160 Å². The summed E-state index contributed by atoms with van der Waals surface area (Å²) < 4.78 is 33.4. The first-order valence-corrected chi connectivity index (χ1v) is 10.8. The van der Waals surface area contributed by atoms with Gasteiger partial charge in [-0.25, -0.2) is 13.2 Å². The molecule has 1 fully saturated rings. The van der Waals surface area contributed by atoms with Crippen molar-refractivity contribution >= 4 is 21.7 Å². The summed E-state index contributed by atoms with van der Waals surface area (Å²) in [5, 5.41) is 0. The Bertz CT molecular complexity index is 802. The molecule has 1 amide bonds. The maximum Gasteiger partial charge on any atom is 0.344 e. The zero-order valence-corrected chi connectivity index (χ0v) is 17.0. The Kier molecular flexibility index (Phi) is 6.86. The monoisotopic (exact) mass is 397 g/mol. The molecule has 0 N–H and O–H groups in total. The number of esters is 1. The largest absolute Gasteiger partial charge is 0.482 e. The van der Waals surface area contributed by atoms with Crippen molar-refractivity contribution in [2.75, 3.05) is 31.8 Å². The Balaban J connectivity index is 1.77. The van der Waals surface area contributed by atoms with Gasteiger partial charge in [-0.3, -0.25) is 4.79 Å². The van der Waals surface area contributed by atoms with E-state index in [-0.39, 0.29) is 24.2 Å². The van der Waals surface area contributed by atoms with Crippen molar-refractivity contribution in [3.63, 3.8) is 0 Å². The number of aryl methyl sites for hydroxylation is 1. The van der Waals surface area contributed by atoms with Crippen LogP contribution < -0.4 is 4.74 Å². The molecule has 0 radical (unpaired) electrons. The summed E-state index contributed by atoms with van der Waals surface area (Å²) in [7, 11) is -1.55. The standard InChI is InChI=1S/C19H27NO6S/c1-13(2)17-6-5-16(9-14(17)3)25-11-19(22)26-10-18(21)20(4)15-7-8-27(23,24)12-15/h5-6,9,13,15H,7-8,10-12H2,1-4H3. The number of sulfone groups is 1. The molecule has 1 saturated heterocycles. The van der Waals surface area contributed by atoms with Crippen LogP contribution in [0.2, 0.25) is 0 Å². The van der Waals surface area contributed by atoms with Crippen molar-refractivity contribution in [3.8, 4) is 5.75 Å². The molecule has 0 spiro atoms. The average molecular weight is 397 g/mol. The topological polar surface area (TPSA) is 90.0 Å². The van der Waals surface area contributed by atoms with Gasteiger partial charge in [0.15, 0.2) is 23.1 Å². The minimum atomic E-state index is -3.08. The Morgan fingerprint density at radius 1 is 1.26 bits per heavy atom. The molecular weight excluding hydrogens is 370 g/mol. The molecule has 27 heavy (non-hydrogen) atoms. The molecular formula is C19H27NO6S. The molecule has 2 rings (SSSR count). The highest BCUT2D eigenvalue weighted by Gasteiger charge is 2.32. The molecule has 0 aromatic heterocycles. The maximum atomic E-state index is 12.1. The van der Waals surface area contributed by atoms with E-state index >= 15 is 0 Å². The van der Waals surface area contributed by atoms with Crippen molar-refractivity contribution in [1.82, 2.24) is 4.90 Å². The van der Waals surface area contributed by atoms with Gasteiger partial charge in [0, 0.05) is 13.1 Å². The minimum Gasteiger partial charge on any atom is -0.482 e. The van der Waals surface area contributed by atoms with Crippen molar-refractivity contribution in [1.29, 1.82) is 0 Å². The Morgan fingerprint density at radius 2 is 1.96 bits per heavy atom. The highest BCUT2D eigenvalue weighted by Crippen LogP contribution is 2.23.